The van der Waals surface area contributed by atoms with Crippen LogP contribution < -0.4 is 5.32 Å². The summed E-state index contributed by atoms with van der Waals surface area (Å²) in [6.45, 7) is 0.836. The summed E-state index contributed by atoms with van der Waals surface area (Å²) in [4.78, 5) is 0. The number of hydrogen-bond donors (Lipinski definition) is 2. The van der Waals surface area contributed by atoms with Crippen LogP contribution >= 0.6 is 0 Å². The Kier molecular flexibility index (Phi) is 3.81. The van der Waals surface area contributed by atoms with Crippen molar-refractivity contribution in [3.05, 3.63) is 48.0 Å². The van der Waals surface area contributed by atoms with E-state index in [2.05, 4.69) is 47.8 Å². The van der Waals surface area contributed by atoms with E-state index in [4.69, 9.17) is 0 Å². The molecule has 1 fully saturated rings. The van der Waals surface area contributed by atoms with Gasteiger partial charge in [-0.05, 0) is 29.2 Å². The summed E-state index contributed by atoms with van der Waals surface area (Å²) in [6, 6.07) is 15.2. The van der Waals surface area contributed by atoms with Crippen LogP contribution in [-0.4, -0.2) is 17.3 Å². The SMILES string of the molecule is O[C@@H]1CCCC[C@H]1NCc1cccc2ccccc12. The van der Waals surface area contributed by atoms with Crippen molar-refractivity contribution < 1.29 is 5.11 Å². The van der Waals surface area contributed by atoms with Crippen LogP contribution in [0.25, 0.3) is 10.8 Å². The summed E-state index contributed by atoms with van der Waals surface area (Å²) >= 11 is 0. The summed E-state index contributed by atoms with van der Waals surface area (Å²) in [7, 11) is 0. The van der Waals surface area contributed by atoms with Gasteiger partial charge in [0, 0.05) is 12.6 Å². The lowest BCUT2D eigenvalue weighted by molar-refractivity contribution is 0.0903. The topological polar surface area (TPSA) is 32.3 Å². The van der Waals surface area contributed by atoms with Gasteiger partial charge < -0.3 is 10.4 Å². The van der Waals surface area contributed by atoms with Gasteiger partial charge in [0.2, 0.25) is 0 Å². The van der Waals surface area contributed by atoms with Crippen molar-refractivity contribution in [2.45, 2.75) is 44.4 Å². The van der Waals surface area contributed by atoms with Crippen LogP contribution in [0, 0.1) is 0 Å². The van der Waals surface area contributed by atoms with E-state index >= 15 is 0 Å². The van der Waals surface area contributed by atoms with Gasteiger partial charge in [-0.2, -0.15) is 0 Å². The van der Waals surface area contributed by atoms with E-state index in [1.807, 2.05) is 0 Å². The van der Waals surface area contributed by atoms with E-state index in [0.717, 1.165) is 25.8 Å². The Hall–Kier alpha value is -1.38. The molecule has 2 aromatic carbocycles. The molecular formula is C17H21NO. The summed E-state index contributed by atoms with van der Waals surface area (Å²) in [5, 5.41) is 16.1. The molecule has 2 N–H and O–H groups in total. The fourth-order valence-corrected chi connectivity index (χ4v) is 3.04. The minimum Gasteiger partial charge on any atom is -0.392 e. The number of hydrogen-bond acceptors (Lipinski definition) is 2. The van der Waals surface area contributed by atoms with Crippen molar-refractivity contribution in [1.29, 1.82) is 0 Å². The lowest BCUT2D eigenvalue weighted by Gasteiger charge is -2.28. The van der Waals surface area contributed by atoms with Gasteiger partial charge in [0.15, 0.2) is 0 Å². The van der Waals surface area contributed by atoms with Gasteiger partial charge in [0.05, 0.1) is 6.10 Å². The van der Waals surface area contributed by atoms with Gasteiger partial charge in [-0.25, -0.2) is 0 Å². The Labute approximate surface area is 114 Å². The molecule has 0 amide bonds. The van der Waals surface area contributed by atoms with Crippen LogP contribution in [0.4, 0.5) is 0 Å². The average Bonchev–Trinajstić information content (AvgIpc) is 2.46. The molecule has 0 aromatic heterocycles. The molecule has 1 aliphatic carbocycles. The van der Waals surface area contributed by atoms with Crippen molar-refractivity contribution in [2.24, 2.45) is 0 Å². The standard InChI is InChI=1S/C17H21NO/c19-17-11-4-3-10-16(17)18-12-14-8-5-7-13-6-1-2-9-15(13)14/h1-2,5-9,16-19H,3-4,10-12H2/t16-,17-/m1/s1. The molecule has 0 heterocycles. The summed E-state index contributed by atoms with van der Waals surface area (Å²) in [5.41, 5.74) is 1.32. The predicted molar refractivity (Wildman–Crippen MR) is 79.1 cm³/mol. The number of nitrogens with one attached hydrogen (secondary N) is 1. The van der Waals surface area contributed by atoms with Crippen molar-refractivity contribution in [1.82, 2.24) is 5.32 Å². The summed E-state index contributed by atoms with van der Waals surface area (Å²) < 4.78 is 0. The Morgan fingerprint density at radius 2 is 1.79 bits per heavy atom. The first-order chi connectivity index (χ1) is 9.34. The molecule has 0 radical (unpaired) electrons. The molecule has 0 spiro atoms. The number of aliphatic hydroxyl groups is 1. The van der Waals surface area contributed by atoms with Gasteiger partial charge in [-0.1, -0.05) is 55.3 Å². The zero-order valence-corrected chi connectivity index (χ0v) is 11.2. The predicted octanol–water partition coefficient (Wildman–Crippen LogP) is 3.23. The molecule has 2 aromatic rings. The maximum absolute atomic E-state index is 10.00. The first-order valence-corrected chi connectivity index (χ1v) is 7.23. The summed E-state index contributed by atoms with van der Waals surface area (Å²) in [6.07, 6.45) is 4.24. The maximum atomic E-state index is 10.00. The van der Waals surface area contributed by atoms with Crippen molar-refractivity contribution >= 4 is 10.8 Å². The number of aliphatic hydroxyl groups excluding tert-OH is 1. The van der Waals surface area contributed by atoms with Crippen LogP contribution in [0.15, 0.2) is 42.5 Å². The molecule has 19 heavy (non-hydrogen) atoms. The van der Waals surface area contributed by atoms with Crippen molar-refractivity contribution in [3.63, 3.8) is 0 Å². The van der Waals surface area contributed by atoms with Gasteiger partial charge in [0.25, 0.3) is 0 Å². The number of rotatable bonds is 3. The van der Waals surface area contributed by atoms with Crippen molar-refractivity contribution in [3.8, 4) is 0 Å². The van der Waals surface area contributed by atoms with Crippen molar-refractivity contribution in [2.75, 3.05) is 0 Å². The quantitative estimate of drug-likeness (QED) is 0.882. The van der Waals surface area contributed by atoms with E-state index in [0.29, 0.717) is 0 Å². The van der Waals surface area contributed by atoms with Crippen LogP contribution in [0.3, 0.4) is 0 Å². The third-order valence-electron chi connectivity index (χ3n) is 4.16. The highest BCUT2D eigenvalue weighted by molar-refractivity contribution is 5.85. The minimum absolute atomic E-state index is 0.177. The zero-order valence-electron chi connectivity index (χ0n) is 11.2. The lowest BCUT2D eigenvalue weighted by atomic mass is 9.92. The molecule has 0 saturated heterocycles. The Balaban J connectivity index is 1.74. The molecule has 2 nitrogen and oxygen atoms in total. The van der Waals surface area contributed by atoms with Crippen LogP contribution in [0.1, 0.15) is 31.2 Å². The van der Waals surface area contributed by atoms with Gasteiger partial charge in [-0.15, -0.1) is 0 Å². The molecule has 0 bridgehead atoms. The Morgan fingerprint density at radius 1 is 1.00 bits per heavy atom. The molecule has 3 rings (SSSR count). The van der Waals surface area contributed by atoms with E-state index < -0.39 is 0 Å². The second kappa shape index (κ2) is 5.72. The highest BCUT2D eigenvalue weighted by atomic mass is 16.3. The van der Waals surface area contributed by atoms with Gasteiger partial charge in [0.1, 0.15) is 0 Å². The molecule has 1 aliphatic rings. The maximum Gasteiger partial charge on any atom is 0.0693 e. The second-order valence-corrected chi connectivity index (χ2v) is 5.48. The highest BCUT2D eigenvalue weighted by Crippen LogP contribution is 2.21. The third kappa shape index (κ3) is 2.80. The zero-order chi connectivity index (χ0) is 13.1. The normalized spacial score (nSPS) is 23.6. The van der Waals surface area contributed by atoms with Crippen LogP contribution in [0.2, 0.25) is 0 Å². The smallest absolute Gasteiger partial charge is 0.0693 e. The van der Waals surface area contributed by atoms with Crippen LogP contribution in [-0.2, 0) is 6.54 Å². The monoisotopic (exact) mass is 255 g/mol. The van der Waals surface area contributed by atoms with E-state index in [9.17, 15) is 5.11 Å². The van der Waals surface area contributed by atoms with Gasteiger partial charge in [-0.3, -0.25) is 0 Å². The molecule has 2 atom stereocenters. The van der Waals surface area contributed by atoms with E-state index in [1.165, 1.54) is 22.8 Å². The molecule has 0 unspecified atom stereocenters. The first kappa shape index (κ1) is 12.6. The summed E-state index contributed by atoms with van der Waals surface area (Å²) in [5.74, 6) is 0. The Bertz CT molecular complexity index is 546. The van der Waals surface area contributed by atoms with E-state index in [-0.39, 0.29) is 12.1 Å². The molecule has 2 heteroatoms. The minimum atomic E-state index is -0.177. The van der Waals surface area contributed by atoms with Gasteiger partial charge >= 0.3 is 0 Å². The highest BCUT2D eigenvalue weighted by Gasteiger charge is 2.22. The number of fused-ring (bicyclic) bond motifs is 1. The third-order valence-corrected chi connectivity index (χ3v) is 4.16. The first-order valence-electron chi connectivity index (χ1n) is 7.23. The fourth-order valence-electron chi connectivity index (χ4n) is 3.04. The molecule has 100 valence electrons. The fraction of sp³-hybridized carbons (Fsp3) is 0.412. The van der Waals surface area contributed by atoms with E-state index in [1.54, 1.807) is 0 Å². The molecule has 1 saturated carbocycles. The number of benzene rings is 2. The lowest BCUT2D eigenvalue weighted by Crippen LogP contribution is -2.41. The largest absolute Gasteiger partial charge is 0.392 e. The van der Waals surface area contributed by atoms with Crippen LogP contribution in [0.5, 0.6) is 0 Å². The Morgan fingerprint density at radius 3 is 2.68 bits per heavy atom. The molecule has 0 aliphatic heterocycles. The second-order valence-electron chi connectivity index (χ2n) is 5.48. The average molecular weight is 255 g/mol. The molecular weight excluding hydrogens is 234 g/mol.